The molecule has 2 aromatic heterocycles. The van der Waals surface area contributed by atoms with Gasteiger partial charge in [-0.15, -0.1) is 0 Å². The Labute approximate surface area is 188 Å². The number of aliphatic hydroxyl groups excluding tert-OH is 1. The molecule has 1 N–H and O–H groups in total. The lowest BCUT2D eigenvalue weighted by atomic mass is 10.3. The van der Waals surface area contributed by atoms with E-state index < -0.39 is 11.9 Å². The second-order valence-corrected chi connectivity index (χ2v) is 7.19. The molecule has 0 spiro atoms. The zero-order valence-corrected chi connectivity index (χ0v) is 19.4. The number of rotatable bonds is 3. The van der Waals surface area contributed by atoms with E-state index in [9.17, 15) is 9.59 Å². The van der Waals surface area contributed by atoms with E-state index >= 15 is 0 Å². The van der Waals surface area contributed by atoms with Crippen LogP contribution in [0.15, 0.2) is 24.3 Å². The van der Waals surface area contributed by atoms with Gasteiger partial charge in [0.2, 0.25) is 0 Å². The molecule has 150 valence electrons. The monoisotopic (exact) mass is 614 g/mol. The van der Waals surface area contributed by atoms with Gasteiger partial charge in [-0.3, -0.25) is 0 Å². The maximum atomic E-state index is 11.1. The molecule has 0 amide bonds. The maximum absolute atomic E-state index is 11.1. The Hall–Kier alpha value is -1.96. The topological polar surface area (TPSA) is 133 Å². The highest BCUT2D eigenvalue weighted by Crippen LogP contribution is 2.10. The molecule has 11 heteroatoms. The third-order valence-corrected chi connectivity index (χ3v) is 3.96. The summed E-state index contributed by atoms with van der Waals surface area (Å²) >= 11 is 4.18. The second kappa shape index (κ2) is 14.1. The predicted molar refractivity (Wildman–Crippen MR) is 112 cm³/mol. The quantitative estimate of drug-likeness (QED) is 0.408. The molecule has 0 aromatic carbocycles. The summed E-state index contributed by atoms with van der Waals surface area (Å²) in [4.78, 5) is 46.3. The summed E-state index contributed by atoms with van der Waals surface area (Å²) in [5.41, 5.74) is 1.87. The minimum atomic E-state index is -0.492. The van der Waals surface area contributed by atoms with E-state index in [1.807, 2.05) is 35.6 Å². The molecule has 28 heavy (non-hydrogen) atoms. The Kier molecular flexibility index (Phi) is 13.1. The lowest BCUT2D eigenvalue weighted by molar-refractivity contribution is -0.191. The zero-order chi connectivity index (χ0) is 21.7. The molecule has 0 fully saturated rings. The van der Waals surface area contributed by atoms with Gasteiger partial charge >= 0.3 is 18.1 Å². The third kappa shape index (κ3) is 9.82. The summed E-state index contributed by atoms with van der Waals surface area (Å²) in [6.45, 7) is 1.66. The normalized spacial score (nSPS) is 8.93. The molecule has 2 rings (SSSR count). The van der Waals surface area contributed by atoms with Crippen molar-refractivity contribution in [1.82, 2.24) is 9.97 Å². The van der Waals surface area contributed by atoms with Crippen molar-refractivity contribution in [2.24, 2.45) is 0 Å². The lowest BCUT2D eigenvalue weighted by Crippen LogP contribution is -2.06. The van der Waals surface area contributed by atoms with Crippen LogP contribution in [0.2, 0.25) is 0 Å². The minimum Gasteiger partial charge on any atom is -0.464 e. The molecule has 0 saturated carbocycles. The van der Waals surface area contributed by atoms with E-state index in [2.05, 4.69) is 42.0 Å². The van der Waals surface area contributed by atoms with Crippen molar-refractivity contribution in [2.75, 3.05) is 14.2 Å². The van der Waals surface area contributed by atoms with Crippen molar-refractivity contribution in [3.05, 3.63) is 54.2 Å². The molecule has 2 heterocycles. The average molecular weight is 614 g/mol. The van der Waals surface area contributed by atoms with Crippen molar-refractivity contribution in [3.63, 3.8) is 0 Å². The Morgan fingerprint density at radius 3 is 1.79 bits per heavy atom. The smallest absolute Gasteiger partial charge is 0.373 e. The molecular weight excluding hydrogens is 598 g/mol. The molecule has 0 aliphatic heterocycles. The van der Waals surface area contributed by atoms with Crippen LogP contribution in [0.25, 0.3) is 0 Å². The fraction of sp³-hybridized carbons (Fsp3) is 0.235. The number of esters is 2. The van der Waals surface area contributed by atoms with Crippen LogP contribution in [-0.4, -0.2) is 47.4 Å². The van der Waals surface area contributed by atoms with E-state index in [-0.39, 0.29) is 18.5 Å². The van der Waals surface area contributed by atoms with E-state index in [1.165, 1.54) is 14.2 Å². The Morgan fingerprint density at radius 1 is 0.964 bits per heavy atom. The molecule has 0 aliphatic carbocycles. The Bertz CT molecular complexity index is 833. The summed E-state index contributed by atoms with van der Waals surface area (Å²) in [5.74, 6) is -0.884. The van der Waals surface area contributed by atoms with Gasteiger partial charge in [0, 0.05) is 12.8 Å². The van der Waals surface area contributed by atoms with Crippen LogP contribution in [0.4, 0.5) is 0 Å². The molecule has 0 radical (unpaired) electrons. The van der Waals surface area contributed by atoms with E-state index in [0.29, 0.717) is 11.4 Å². The number of carbonyl (C=O) groups is 2. The summed E-state index contributed by atoms with van der Waals surface area (Å²) in [5, 5.41) is 8.82. The number of aliphatic hydroxyl groups is 1. The number of hydrogen-bond donors (Lipinski definition) is 1. The number of aromatic nitrogens is 2. The molecule has 0 unspecified atom stereocenters. The molecule has 9 nitrogen and oxygen atoms in total. The van der Waals surface area contributed by atoms with E-state index in [4.69, 9.17) is 14.7 Å². The van der Waals surface area contributed by atoms with Crippen molar-refractivity contribution < 1.29 is 33.8 Å². The van der Waals surface area contributed by atoms with Crippen LogP contribution in [0.5, 0.6) is 0 Å². The van der Waals surface area contributed by atoms with Gasteiger partial charge in [-0.1, -0.05) is 0 Å². The first kappa shape index (κ1) is 26.0. The number of ether oxygens (including phenoxy) is 2. The number of methoxy groups -OCH3 is 2. The maximum Gasteiger partial charge on any atom is 0.373 e. The van der Waals surface area contributed by atoms with Crippen LogP contribution < -0.4 is 0 Å². The average Bonchev–Trinajstić information content (AvgIpc) is 2.66. The fourth-order valence-corrected chi connectivity index (χ4v) is 3.08. The van der Waals surface area contributed by atoms with E-state index in [1.54, 1.807) is 18.2 Å². The lowest BCUT2D eigenvalue weighted by Gasteiger charge is -2.01. The number of carbonyl (C=O) groups excluding carboxylic acids is 4. The molecule has 0 saturated heterocycles. The van der Waals surface area contributed by atoms with Gasteiger partial charge in [-0.2, -0.15) is 9.59 Å². The zero-order valence-electron chi connectivity index (χ0n) is 15.1. The SMILES string of the molecule is COC(=O)c1cc(I)cc(C)n1.COC(=O)c1cc(I)cc(CO)n1.O=C=O. The van der Waals surface area contributed by atoms with Gasteiger partial charge < -0.3 is 14.6 Å². The van der Waals surface area contributed by atoms with Crippen LogP contribution in [0, 0.1) is 14.1 Å². The fourth-order valence-electron chi connectivity index (χ4n) is 1.68. The molecule has 0 bridgehead atoms. The van der Waals surface area contributed by atoms with Crippen LogP contribution >= 0.6 is 45.2 Å². The van der Waals surface area contributed by atoms with Crippen LogP contribution in [0.3, 0.4) is 0 Å². The van der Waals surface area contributed by atoms with E-state index in [0.717, 1.165) is 12.8 Å². The van der Waals surface area contributed by atoms with Crippen molar-refractivity contribution >= 4 is 63.3 Å². The standard InChI is InChI=1S/C8H8INO3.C8H8INO2.CO2/c1-13-8(12)7-3-5(9)2-6(4-11)10-7;1-5-3-6(9)4-7(10-5)8(11)12-2;2-1-3/h2-3,11H,4H2,1H3;3-4H,1-2H3;. The Morgan fingerprint density at radius 2 is 1.39 bits per heavy atom. The van der Waals surface area contributed by atoms with Gasteiger partial charge in [0.25, 0.3) is 0 Å². The summed E-state index contributed by atoms with van der Waals surface area (Å²) in [7, 11) is 2.64. The summed E-state index contributed by atoms with van der Waals surface area (Å²) < 4.78 is 10.9. The predicted octanol–water partition coefficient (Wildman–Crippen LogP) is 2.16. The summed E-state index contributed by atoms with van der Waals surface area (Å²) in [6.07, 6.45) is 0.250. The number of pyridine rings is 2. The largest absolute Gasteiger partial charge is 0.464 e. The summed E-state index contributed by atoms with van der Waals surface area (Å²) in [6, 6.07) is 6.89. The van der Waals surface area contributed by atoms with Crippen molar-refractivity contribution in [3.8, 4) is 0 Å². The second-order valence-electron chi connectivity index (χ2n) is 4.70. The van der Waals surface area contributed by atoms with Gasteiger partial charge in [0.1, 0.15) is 11.4 Å². The number of aryl methyl sites for hydroxylation is 1. The highest BCUT2D eigenvalue weighted by molar-refractivity contribution is 14.1. The Balaban J connectivity index is 0.000000458. The molecular formula is C17H16I2N2O7. The van der Waals surface area contributed by atoms with Gasteiger partial charge in [0.15, 0.2) is 0 Å². The number of hydrogen-bond acceptors (Lipinski definition) is 9. The first-order valence-electron chi connectivity index (χ1n) is 7.29. The molecule has 2 aromatic rings. The number of nitrogens with zero attached hydrogens (tertiary/aromatic N) is 2. The van der Waals surface area contributed by atoms with Crippen molar-refractivity contribution in [1.29, 1.82) is 0 Å². The highest BCUT2D eigenvalue weighted by Gasteiger charge is 2.09. The number of halogens is 2. The van der Waals surface area contributed by atoms with Crippen LogP contribution in [-0.2, 0) is 25.7 Å². The third-order valence-electron chi connectivity index (χ3n) is 2.71. The van der Waals surface area contributed by atoms with Crippen molar-refractivity contribution in [2.45, 2.75) is 13.5 Å². The highest BCUT2D eigenvalue weighted by atomic mass is 127. The van der Waals surface area contributed by atoms with Gasteiger partial charge in [-0.25, -0.2) is 19.6 Å². The first-order chi connectivity index (χ1) is 13.2. The molecule has 0 atom stereocenters. The first-order valence-corrected chi connectivity index (χ1v) is 9.45. The molecule has 0 aliphatic rings. The van der Waals surface area contributed by atoms with Gasteiger partial charge in [-0.05, 0) is 76.4 Å². The minimum absolute atomic E-state index is 0.180. The van der Waals surface area contributed by atoms with Crippen LogP contribution in [0.1, 0.15) is 32.4 Å². The van der Waals surface area contributed by atoms with Gasteiger partial charge in [0.05, 0.1) is 26.5 Å².